The Kier molecular flexibility index (Phi) is 5.92. The molecule has 1 unspecified atom stereocenters. The van der Waals surface area contributed by atoms with Crippen molar-refractivity contribution >= 4 is 45.6 Å². The number of nitrogens with one attached hydrogen (secondary N) is 1. The van der Waals surface area contributed by atoms with Gasteiger partial charge in [-0.05, 0) is 30.9 Å². The SMILES string of the molecule is Cl.NCC(NS(=O)(=O)c1c(Cl)cccc1Cl)C1CC1. The Labute approximate surface area is 129 Å². The lowest BCUT2D eigenvalue weighted by Crippen LogP contribution is -2.41. The van der Waals surface area contributed by atoms with Gasteiger partial charge >= 0.3 is 0 Å². The molecule has 2 rings (SSSR count). The topological polar surface area (TPSA) is 72.2 Å². The molecule has 0 bridgehead atoms. The molecule has 19 heavy (non-hydrogen) atoms. The second-order valence-electron chi connectivity index (χ2n) is 4.35. The highest BCUT2D eigenvalue weighted by molar-refractivity contribution is 7.89. The predicted molar refractivity (Wildman–Crippen MR) is 79.6 cm³/mol. The maximum absolute atomic E-state index is 12.2. The lowest BCUT2D eigenvalue weighted by Gasteiger charge is -2.17. The van der Waals surface area contributed by atoms with Crippen LogP contribution >= 0.6 is 35.6 Å². The van der Waals surface area contributed by atoms with Crippen LogP contribution in [-0.2, 0) is 10.0 Å². The Morgan fingerprint density at radius 3 is 2.26 bits per heavy atom. The molecule has 0 aromatic heterocycles. The normalized spacial score (nSPS) is 16.8. The standard InChI is InChI=1S/C11H14Cl2N2O2S.ClH/c12-8-2-1-3-9(13)11(8)18(16,17)15-10(6-14)7-4-5-7;/h1-3,7,10,15H,4-6,14H2;1H. The van der Waals surface area contributed by atoms with Crippen molar-refractivity contribution in [1.29, 1.82) is 0 Å². The second-order valence-corrected chi connectivity index (χ2v) is 6.82. The van der Waals surface area contributed by atoms with Crippen LogP contribution in [0.4, 0.5) is 0 Å². The van der Waals surface area contributed by atoms with Gasteiger partial charge in [0, 0.05) is 12.6 Å². The van der Waals surface area contributed by atoms with Crippen molar-refractivity contribution < 1.29 is 8.42 Å². The van der Waals surface area contributed by atoms with Gasteiger partial charge in [0.1, 0.15) is 4.90 Å². The number of sulfonamides is 1. The van der Waals surface area contributed by atoms with E-state index >= 15 is 0 Å². The first-order chi connectivity index (χ1) is 8.45. The van der Waals surface area contributed by atoms with Crippen LogP contribution in [0.15, 0.2) is 23.1 Å². The summed E-state index contributed by atoms with van der Waals surface area (Å²) in [6.45, 7) is 0.270. The van der Waals surface area contributed by atoms with E-state index < -0.39 is 10.0 Å². The van der Waals surface area contributed by atoms with Crippen molar-refractivity contribution in [2.45, 2.75) is 23.8 Å². The molecule has 0 aliphatic heterocycles. The van der Waals surface area contributed by atoms with Gasteiger partial charge in [-0.2, -0.15) is 0 Å². The fraction of sp³-hybridized carbons (Fsp3) is 0.455. The fourth-order valence-electron chi connectivity index (χ4n) is 1.83. The minimum atomic E-state index is -3.73. The first-order valence-corrected chi connectivity index (χ1v) is 7.86. The number of benzene rings is 1. The Bertz CT molecular complexity index is 527. The summed E-state index contributed by atoms with van der Waals surface area (Å²) in [5.41, 5.74) is 5.58. The van der Waals surface area contributed by atoms with E-state index in [2.05, 4.69) is 4.72 Å². The molecule has 1 fully saturated rings. The molecule has 0 amide bonds. The first kappa shape index (κ1) is 17.0. The monoisotopic (exact) mass is 344 g/mol. The Morgan fingerprint density at radius 1 is 1.32 bits per heavy atom. The zero-order chi connectivity index (χ0) is 13.3. The molecule has 0 heterocycles. The van der Waals surface area contributed by atoms with Gasteiger partial charge in [0.15, 0.2) is 0 Å². The summed E-state index contributed by atoms with van der Waals surface area (Å²) < 4.78 is 27.1. The summed E-state index contributed by atoms with van der Waals surface area (Å²) in [6.07, 6.45) is 2.00. The van der Waals surface area contributed by atoms with Gasteiger partial charge < -0.3 is 5.73 Å². The number of nitrogens with two attached hydrogens (primary N) is 1. The second kappa shape index (κ2) is 6.61. The van der Waals surface area contributed by atoms with Crippen LogP contribution in [0.2, 0.25) is 10.0 Å². The van der Waals surface area contributed by atoms with E-state index in [9.17, 15) is 8.42 Å². The van der Waals surface area contributed by atoms with E-state index in [1.165, 1.54) is 12.1 Å². The third-order valence-corrected chi connectivity index (χ3v) is 5.38. The Hall–Kier alpha value is -0.0400. The number of hydrogen-bond acceptors (Lipinski definition) is 3. The third-order valence-electron chi connectivity index (χ3n) is 2.94. The largest absolute Gasteiger partial charge is 0.329 e. The molecule has 4 nitrogen and oxygen atoms in total. The van der Waals surface area contributed by atoms with Gasteiger partial charge in [-0.15, -0.1) is 12.4 Å². The Balaban J connectivity index is 0.00000180. The molecule has 3 N–H and O–H groups in total. The minimum absolute atomic E-state index is 0. The molecule has 0 spiro atoms. The molecular weight excluding hydrogens is 331 g/mol. The van der Waals surface area contributed by atoms with E-state index in [0.29, 0.717) is 5.92 Å². The summed E-state index contributed by atoms with van der Waals surface area (Å²) in [5, 5.41) is 0.225. The maximum atomic E-state index is 12.2. The van der Waals surface area contributed by atoms with E-state index in [4.69, 9.17) is 28.9 Å². The molecule has 0 radical (unpaired) electrons. The average molecular weight is 346 g/mol. The molecule has 1 aromatic rings. The van der Waals surface area contributed by atoms with Gasteiger partial charge in [0.05, 0.1) is 10.0 Å². The van der Waals surface area contributed by atoms with Gasteiger partial charge in [0.2, 0.25) is 10.0 Å². The van der Waals surface area contributed by atoms with Gasteiger partial charge in [-0.1, -0.05) is 29.3 Å². The highest BCUT2D eigenvalue weighted by Gasteiger charge is 2.34. The van der Waals surface area contributed by atoms with Crippen molar-refractivity contribution in [3.8, 4) is 0 Å². The van der Waals surface area contributed by atoms with E-state index in [0.717, 1.165) is 12.8 Å². The molecule has 8 heteroatoms. The molecule has 1 aliphatic rings. The number of halogens is 3. The van der Waals surface area contributed by atoms with Crippen molar-refractivity contribution in [3.05, 3.63) is 28.2 Å². The fourth-order valence-corrected chi connectivity index (χ4v) is 4.29. The van der Waals surface area contributed by atoms with Gasteiger partial charge in [-0.25, -0.2) is 13.1 Å². The lowest BCUT2D eigenvalue weighted by molar-refractivity contribution is 0.519. The summed E-state index contributed by atoms with van der Waals surface area (Å²) >= 11 is 11.8. The third kappa shape index (κ3) is 3.97. The van der Waals surface area contributed by atoms with E-state index in [-0.39, 0.29) is 39.9 Å². The van der Waals surface area contributed by atoms with E-state index in [1.807, 2.05) is 0 Å². The van der Waals surface area contributed by atoms with E-state index in [1.54, 1.807) is 6.07 Å². The molecule has 1 aromatic carbocycles. The Morgan fingerprint density at radius 2 is 1.84 bits per heavy atom. The molecule has 1 aliphatic carbocycles. The van der Waals surface area contributed by atoms with Crippen molar-refractivity contribution in [3.63, 3.8) is 0 Å². The van der Waals surface area contributed by atoms with Gasteiger partial charge in [-0.3, -0.25) is 0 Å². The zero-order valence-corrected chi connectivity index (χ0v) is 13.1. The molecule has 0 saturated heterocycles. The smallest absolute Gasteiger partial charge is 0.243 e. The van der Waals surface area contributed by atoms with Crippen LogP contribution in [0.5, 0.6) is 0 Å². The number of rotatable bonds is 5. The van der Waals surface area contributed by atoms with Gasteiger partial charge in [0.25, 0.3) is 0 Å². The van der Waals surface area contributed by atoms with Crippen molar-refractivity contribution in [2.75, 3.05) is 6.54 Å². The summed E-state index contributed by atoms with van der Waals surface area (Å²) in [5.74, 6) is 0.325. The summed E-state index contributed by atoms with van der Waals surface area (Å²) in [4.78, 5) is -0.0765. The zero-order valence-electron chi connectivity index (χ0n) is 9.97. The lowest BCUT2D eigenvalue weighted by atomic mass is 10.2. The minimum Gasteiger partial charge on any atom is -0.329 e. The summed E-state index contributed by atoms with van der Waals surface area (Å²) in [7, 11) is -3.73. The van der Waals surface area contributed by atoms with Crippen molar-refractivity contribution in [2.24, 2.45) is 11.7 Å². The maximum Gasteiger partial charge on any atom is 0.243 e. The number of hydrogen-bond donors (Lipinski definition) is 2. The van der Waals surface area contributed by atoms with Crippen LogP contribution in [0, 0.1) is 5.92 Å². The molecule has 1 saturated carbocycles. The van der Waals surface area contributed by atoms with Crippen LogP contribution in [-0.4, -0.2) is 21.0 Å². The van der Waals surface area contributed by atoms with Crippen molar-refractivity contribution in [1.82, 2.24) is 4.72 Å². The molecule has 1 atom stereocenters. The van der Waals surface area contributed by atoms with Crippen LogP contribution in [0.3, 0.4) is 0 Å². The highest BCUT2D eigenvalue weighted by Crippen LogP contribution is 2.34. The van der Waals surface area contributed by atoms with Crippen LogP contribution in [0.1, 0.15) is 12.8 Å². The quantitative estimate of drug-likeness (QED) is 0.861. The highest BCUT2D eigenvalue weighted by atomic mass is 35.5. The molecule has 108 valence electrons. The van der Waals surface area contributed by atoms with Crippen LogP contribution < -0.4 is 10.5 Å². The van der Waals surface area contributed by atoms with Crippen LogP contribution in [0.25, 0.3) is 0 Å². The molecular formula is C11H15Cl3N2O2S. The first-order valence-electron chi connectivity index (χ1n) is 5.62. The average Bonchev–Trinajstić information content (AvgIpc) is 3.09. The predicted octanol–water partition coefficient (Wildman–Crippen LogP) is 2.43. The summed E-state index contributed by atoms with van der Waals surface area (Å²) in [6, 6.07) is 4.35.